The third kappa shape index (κ3) is 6.13. The summed E-state index contributed by atoms with van der Waals surface area (Å²) in [7, 11) is 0. The molecule has 0 atom stereocenters. The van der Waals surface area contributed by atoms with E-state index in [1.807, 2.05) is 18.2 Å². The number of rotatable bonds is 8. The van der Waals surface area contributed by atoms with Crippen molar-refractivity contribution >= 4 is 29.1 Å². The van der Waals surface area contributed by atoms with Gasteiger partial charge in [0.1, 0.15) is 5.82 Å². The van der Waals surface area contributed by atoms with Gasteiger partial charge in [0.05, 0.1) is 0 Å². The summed E-state index contributed by atoms with van der Waals surface area (Å²) in [6, 6.07) is 19.5. The molecule has 3 N–H and O–H groups in total. The summed E-state index contributed by atoms with van der Waals surface area (Å²) in [4.78, 5) is 27.1. The van der Waals surface area contributed by atoms with Gasteiger partial charge >= 0.3 is 0 Å². The highest BCUT2D eigenvalue weighted by Crippen LogP contribution is 2.24. The number of carbonyl (C=O) groups is 2. The van der Waals surface area contributed by atoms with Gasteiger partial charge in [-0.15, -0.1) is 0 Å². The van der Waals surface area contributed by atoms with E-state index in [4.69, 9.17) is 17.3 Å². The maximum atomic E-state index is 13.4. The number of hydrogen-bond acceptors (Lipinski definition) is 3. The number of carbonyl (C=O) groups excluding carboxylic acids is 2. The minimum atomic E-state index is -0.487. The summed E-state index contributed by atoms with van der Waals surface area (Å²) in [5.74, 6) is -1.05. The average Bonchev–Trinajstić information content (AvgIpc) is 2.78. The molecule has 3 aromatic rings. The van der Waals surface area contributed by atoms with E-state index >= 15 is 0 Å². The minimum Gasteiger partial charge on any atom is -0.334 e. The average molecular weight is 440 g/mol. The molecule has 0 saturated carbocycles. The molecule has 3 rings (SSSR count). The van der Waals surface area contributed by atoms with Gasteiger partial charge < -0.3 is 16.0 Å². The van der Waals surface area contributed by atoms with Crippen LogP contribution in [0.15, 0.2) is 72.8 Å². The standard InChI is InChI=1S/C24H23ClFN3O2/c25-22-11-10-21(28-23(30)18-8-4-9-20(26)14-18)15-19(22)16-29(13-5-12-27)24(31)17-6-2-1-3-7-17/h1-4,6-11,14-15H,5,12-13,16,27H2,(H,28,30). The molecule has 160 valence electrons. The Labute approximate surface area is 185 Å². The highest BCUT2D eigenvalue weighted by Gasteiger charge is 2.17. The number of nitrogens with one attached hydrogen (secondary N) is 1. The lowest BCUT2D eigenvalue weighted by Crippen LogP contribution is -2.32. The summed E-state index contributed by atoms with van der Waals surface area (Å²) < 4.78 is 13.4. The Morgan fingerprint density at radius 2 is 1.71 bits per heavy atom. The van der Waals surface area contributed by atoms with Crippen molar-refractivity contribution in [3.63, 3.8) is 0 Å². The van der Waals surface area contributed by atoms with Crippen molar-refractivity contribution in [3.8, 4) is 0 Å². The zero-order valence-corrected chi connectivity index (χ0v) is 17.6. The maximum absolute atomic E-state index is 13.4. The van der Waals surface area contributed by atoms with Crippen molar-refractivity contribution in [3.05, 3.63) is 100 Å². The van der Waals surface area contributed by atoms with Crippen LogP contribution in [-0.2, 0) is 6.54 Å². The van der Waals surface area contributed by atoms with Gasteiger partial charge in [0, 0.05) is 34.9 Å². The van der Waals surface area contributed by atoms with Crippen LogP contribution in [0, 0.1) is 5.82 Å². The maximum Gasteiger partial charge on any atom is 0.255 e. The summed E-state index contributed by atoms with van der Waals surface area (Å²) in [5, 5.41) is 3.22. The Bertz CT molecular complexity index is 1060. The van der Waals surface area contributed by atoms with Crippen LogP contribution in [0.25, 0.3) is 0 Å². The second-order valence-electron chi connectivity index (χ2n) is 7.01. The van der Waals surface area contributed by atoms with Crippen LogP contribution in [0.4, 0.5) is 10.1 Å². The third-order valence-corrected chi connectivity index (χ3v) is 5.06. The number of anilines is 1. The molecule has 5 nitrogen and oxygen atoms in total. The van der Waals surface area contributed by atoms with Crippen LogP contribution in [0.1, 0.15) is 32.7 Å². The number of nitrogens with zero attached hydrogens (tertiary/aromatic N) is 1. The van der Waals surface area contributed by atoms with Gasteiger partial charge in [-0.2, -0.15) is 0 Å². The van der Waals surface area contributed by atoms with Crippen molar-refractivity contribution in [2.45, 2.75) is 13.0 Å². The van der Waals surface area contributed by atoms with Gasteiger partial charge in [0.25, 0.3) is 11.8 Å². The Morgan fingerprint density at radius 3 is 2.42 bits per heavy atom. The quantitative estimate of drug-likeness (QED) is 0.533. The lowest BCUT2D eigenvalue weighted by atomic mass is 10.1. The van der Waals surface area contributed by atoms with E-state index in [1.54, 1.807) is 35.2 Å². The molecule has 2 amide bonds. The van der Waals surface area contributed by atoms with Crippen molar-refractivity contribution < 1.29 is 14.0 Å². The largest absolute Gasteiger partial charge is 0.334 e. The van der Waals surface area contributed by atoms with Crippen LogP contribution in [-0.4, -0.2) is 29.8 Å². The molecule has 0 aromatic heterocycles. The first-order valence-corrected chi connectivity index (χ1v) is 10.3. The first-order valence-electron chi connectivity index (χ1n) is 9.87. The second kappa shape index (κ2) is 10.7. The van der Waals surface area contributed by atoms with Crippen molar-refractivity contribution in [2.24, 2.45) is 5.73 Å². The van der Waals surface area contributed by atoms with Crippen LogP contribution >= 0.6 is 11.6 Å². The van der Waals surface area contributed by atoms with Crippen LogP contribution < -0.4 is 11.1 Å². The van der Waals surface area contributed by atoms with Crippen molar-refractivity contribution in [1.29, 1.82) is 0 Å². The molecular formula is C24H23ClFN3O2. The number of hydrogen-bond donors (Lipinski definition) is 2. The van der Waals surface area contributed by atoms with Crippen LogP contribution in [0.2, 0.25) is 5.02 Å². The van der Waals surface area contributed by atoms with Gasteiger partial charge in [-0.25, -0.2) is 4.39 Å². The minimum absolute atomic E-state index is 0.126. The zero-order valence-electron chi connectivity index (χ0n) is 16.9. The summed E-state index contributed by atoms with van der Waals surface area (Å²) >= 11 is 6.37. The molecule has 0 fully saturated rings. The number of halogens is 2. The highest BCUT2D eigenvalue weighted by atomic mass is 35.5. The Kier molecular flexibility index (Phi) is 7.76. The van der Waals surface area contributed by atoms with Crippen molar-refractivity contribution in [2.75, 3.05) is 18.4 Å². The fraction of sp³-hybridized carbons (Fsp3) is 0.167. The third-order valence-electron chi connectivity index (χ3n) is 4.69. The fourth-order valence-electron chi connectivity index (χ4n) is 3.11. The van der Waals surface area contributed by atoms with Gasteiger partial charge in [0.2, 0.25) is 0 Å². The molecule has 0 radical (unpaired) electrons. The Morgan fingerprint density at radius 1 is 0.968 bits per heavy atom. The van der Waals surface area contributed by atoms with E-state index in [0.717, 1.165) is 0 Å². The first kappa shape index (κ1) is 22.5. The van der Waals surface area contributed by atoms with Gasteiger partial charge in [0.15, 0.2) is 0 Å². The normalized spacial score (nSPS) is 10.5. The first-order chi connectivity index (χ1) is 15.0. The number of nitrogens with two attached hydrogens (primary N) is 1. The molecule has 0 aliphatic rings. The molecule has 0 aliphatic carbocycles. The molecule has 0 unspecified atom stereocenters. The Balaban J connectivity index is 1.80. The van der Waals surface area contributed by atoms with E-state index in [0.29, 0.717) is 41.3 Å². The van der Waals surface area contributed by atoms with E-state index in [9.17, 15) is 14.0 Å². The Hall–Kier alpha value is -3.22. The summed E-state index contributed by atoms with van der Waals surface area (Å²) in [6.07, 6.45) is 0.645. The highest BCUT2D eigenvalue weighted by molar-refractivity contribution is 6.31. The lowest BCUT2D eigenvalue weighted by Gasteiger charge is -2.24. The van der Waals surface area contributed by atoms with Crippen molar-refractivity contribution in [1.82, 2.24) is 4.90 Å². The monoisotopic (exact) mass is 439 g/mol. The number of amides is 2. The predicted molar refractivity (Wildman–Crippen MR) is 121 cm³/mol. The van der Waals surface area contributed by atoms with Gasteiger partial charge in [-0.3, -0.25) is 9.59 Å². The molecule has 0 aliphatic heterocycles. The molecule has 0 bridgehead atoms. The SMILES string of the molecule is NCCCN(Cc1cc(NC(=O)c2cccc(F)c2)ccc1Cl)C(=O)c1ccccc1. The summed E-state index contributed by atoms with van der Waals surface area (Å²) in [5.41, 5.74) is 7.61. The molecule has 0 heterocycles. The molecule has 0 spiro atoms. The predicted octanol–water partition coefficient (Wildman–Crippen LogP) is 4.72. The van der Waals surface area contributed by atoms with E-state index in [1.165, 1.54) is 24.3 Å². The van der Waals surface area contributed by atoms with Crippen LogP contribution in [0.5, 0.6) is 0 Å². The molecule has 3 aromatic carbocycles. The van der Waals surface area contributed by atoms with Crippen LogP contribution in [0.3, 0.4) is 0 Å². The van der Waals surface area contributed by atoms with Gasteiger partial charge in [-0.1, -0.05) is 35.9 Å². The topological polar surface area (TPSA) is 75.4 Å². The van der Waals surface area contributed by atoms with Gasteiger partial charge in [-0.05, 0) is 67.1 Å². The lowest BCUT2D eigenvalue weighted by molar-refractivity contribution is 0.0742. The number of benzene rings is 3. The zero-order chi connectivity index (χ0) is 22.2. The molecule has 31 heavy (non-hydrogen) atoms. The second-order valence-corrected chi connectivity index (χ2v) is 7.41. The fourth-order valence-corrected chi connectivity index (χ4v) is 3.29. The smallest absolute Gasteiger partial charge is 0.255 e. The summed E-state index contributed by atoms with van der Waals surface area (Å²) in [6.45, 7) is 1.19. The van der Waals surface area contributed by atoms with E-state index < -0.39 is 11.7 Å². The van der Waals surface area contributed by atoms with E-state index in [-0.39, 0.29) is 18.0 Å². The molecule has 0 saturated heterocycles. The van der Waals surface area contributed by atoms with E-state index in [2.05, 4.69) is 5.32 Å². The molecule has 7 heteroatoms. The molecular weight excluding hydrogens is 417 g/mol.